The number of esters is 1. The van der Waals surface area contributed by atoms with Crippen molar-refractivity contribution in [3.8, 4) is 0 Å². The number of hydrogen-bond acceptors (Lipinski definition) is 11. The van der Waals surface area contributed by atoms with Gasteiger partial charge in [0.05, 0.1) is 19.8 Å². The smallest absolute Gasteiger partial charge is 0.397 e. The van der Waals surface area contributed by atoms with Crippen molar-refractivity contribution >= 4 is 16.4 Å². The summed E-state index contributed by atoms with van der Waals surface area (Å²) >= 11 is 0. The van der Waals surface area contributed by atoms with Crippen LogP contribution in [0.2, 0.25) is 0 Å². The second kappa shape index (κ2) is 52.0. The van der Waals surface area contributed by atoms with Gasteiger partial charge in [0.1, 0.15) is 30.5 Å². The van der Waals surface area contributed by atoms with Crippen molar-refractivity contribution in [3.05, 3.63) is 134 Å². The Labute approximate surface area is 461 Å². The third-order valence-corrected chi connectivity index (χ3v) is 12.7. The van der Waals surface area contributed by atoms with Gasteiger partial charge < -0.3 is 34.3 Å². The number of aliphatic hydroxyl groups excluding tert-OH is 3. The largest absolute Gasteiger partial charge is 0.457 e. The Morgan fingerprint density at radius 2 is 0.868 bits per heavy atom. The second-order valence-corrected chi connectivity index (χ2v) is 20.2. The third-order valence-electron chi connectivity index (χ3n) is 12.3. The fraction of sp³-hybridized carbons (Fsp3) is 0.635. The SMILES string of the molecule is CC/C=C\C/C=C\C/C=C\C/C=C\C/C=C\C/C=C\C/C=C\CCCCOCC(COC1OC(CO)C(O)C(OS(=O)(=O)O)C1O)OC(=O)CCCCCCCCCCCCCC/C=C\C/C=C\C/C=C\C/C=C\CC. The Morgan fingerprint density at radius 3 is 1.26 bits per heavy atom. The van der Waals surface area contributed by atoms with E-state index in [4.69, 9.17) is 18.9 Å². The topological polar surface area (TPSA) is 178 Å². The number of aliphatic hydroxyl groups is 3. The monoisotopic (exact) mass is 1080 g/mol. The maximum atomic E-state index is 13.0. The summed E-state index contributed by atoms with van der Waals surface area (Å²) in [5.41, 5.74) is 0. The normalized spacial score (nSPS) is 19.6. The van der Waals surface area contributed by atoms with Crippen molar-refractivity contribution in [2.75, 3.05) is 26.4 Å². The summed E-state index contributed by atoms with van der Waals surface area (Å²) in [5.74, 6) is -0.422. The van der Waals surface area contributed by atoms with E-state index in [1.165, 1.54) is 51.4 Å². The molecule has 12 nitrogen and oxygen atoms in total. The van der Waals surface area contributed by atoms with Gasteiger partial charge in [-0.2, -0.15) is 8.42 Å². The van der Waals surface area contributed by atoms with Crippen molar-refractivity contribution < 1.29 is 56.2 Å². The molecule has 0 saturated carbocycles. The molecule has 1 heterocycles. The lowest BCUT2D eigenvalue weighted by Gasteiger charge is -2.41. The zero-order chi connectivity index (χ0) is 55.3. The average molecular weight is 1080 g/mol. The fourth-order valence-electron chi connectivity index (χ4n) is 8.00. The van der Waals surface area contributed by atoms with Crippen LogP contribution >= 0.6 is 0 Å². The fourth-order valence-corrected chi connectivity index (χ4v) is 8.51. The first-order chi connectivity index (χ1) is 37.1. The number of hydrogen-bond donors (Lipinski definition) is 4. The molecule has 0 aromatic heterocycles. The zero-order valence-corrected chi connectivity index (χ0v) is 47.6. The molecular formula is C63H102O12S. The van der Waals surface area contributed by atoms with Gasteiger partial charge in [-0.1, -0.05) is 212 Å². The number of carbonyl (C=O) groups excluding carboxylic acids is 1. The summed E-state index contributed by atoms with van der Waals surface area (Å²) in [6, 6.07) is 0. The Kier molecular flexibility index (Phi) is 48.0. The minimum absolute atomic E-state index is 0.00386. The van der Waals surface area contributed by atoms with Gasteiger partial charge in [0.25, 0.3) is 0 Å². The first-order valence-electron chi connectivity index (χ1n) is 28.9. The molecule has 0 aromatic rings. The minimum Gasteiger partial charge on any atom is -0.457 e. The molecule has 6 atom stereocenters. The van der Waals surface area contributed by atoms with Gasteiger partial charge in [0, 0.05) is 13.0 Å². The highest BCUT2D eigenvalue weighted by Gasteiger charge is 2.48. The molecule has 0 amide bonds. The van der Waals surface area contributed by atoms with E-state index in [9.17, 15) is 33.1 Å². The minimum atomic E-state index is -5.08. The lowest BCUT2D eigenvalue weighted by atomic mass is 9.99. The van der Waals surface area contributed by atoms with E-state index < -0.39 is 59.8 Å². The first-order valence-corrected chi connectivity index (χ1v) is 30.3. The standard InChI is InChI=1S/C63H102O12S/c1-3-5-7-9-11-13-15-17-19-21-23-25-27-29-30-32-34-36-38-40-42-44-46-48-50-52-59(65)73-57(56-72-63-61(67)62(75-76(68,69)70)60(66)58(54-64)74-63)55-71-53-51-49-47-45-43-41-39-37-35-33-31-28-26-24-22-20-18-16-14-12-10-8-6-4-2/h5-8,11-14,17-20,23-26,31,33,37,39,43,45,57-58,60-64,66-67H,3-4,9-10,15-16,21-22,27-30,32,34-36,38,40-42,44,46-56H2,1-2H3,(H,68,69,70)/b7-5-,8-6-,13-11-,14-12-,19-17-,20-18-,25-23-,26-24-,33-31-,39-37-,45-43-. The lowest BCUT2D eigenvalue weighted by molar-refractivity contribution is -0.301. The number of ether oxygens (including phenoxy) is 4. The maximum Gasteiger partial charge on any atom is 0.397 e. The van der Waals surface area contributed by atoms with Crippen molar-refractivity contribution in [3.63, 3.8) is 0 Å². The van der Waals surface area contributed by atoms with Gasteiger partial charge in [-0.25, -0.2) is 4.18 Å². The molecule has 0 radical (unpaired) electrons. The van der Waals surface area contributed by atoms with Crippen LogP contribution in [0.4, 0.5) is 0 Å². The highest BCUT2D eigenvalue weighted by Crippen LogP contribution is 2.26. The summed E-state index contributed by atoms with van der Waals surface area (Å²) in [5, 5.41) is 30.9. The third kappa shape index (κ3) is 44.2. The Hall–Kier alpha value is -3.76. The second-order valence-electron chi connectivity index (χ2n) is 19.1. The summed E-state index contributed by atoms with van der Waals surface area (Å²) < 4.78 is 59.4. The molecule has 0 aromatic carbocycles. The molecule has 1 rings (SSSR count). The predicted molar refractivity (Wildman–Crippen MR) is 312 cm³/mol. The van der Waals surface area contributed by atoms with Gasteiger partial charge in [-0.3, -0.25) is 9.35 Å². The molecule has 0 spiro atoms. The van der Waals surface area contributed by atoms with Crippen LogP contribution < -0.4 is 0 Å². The van der Waals surface area contributed by atoms with Gasteiger partial charge in [0.2, 0.25) is 0 Å². The van der Waals surface area contributed by atoms with Gasteiger partial charge in [0.15, 0.2) is 6.29 Å². The molecule has 76 heavy (non-hydrogen) atoms. The van der Waals surface area contributed by atoms with Crippen molar-refractivity contribution in [2.24, 2.45) is 0 Å². The molecule has 1 aliphatic heterocycles. The highest BCUT2D eigenvalue weighted by molar-refractivity contribution is 7.80. The molecule has 0 aliphatic carbocycles. The molecule has 1 fully saturated rings. The van der Waals surface area contributed by atoms with Crippen LogP contribution in [0.1, 0.15) is 194 Å². The predicted octanol–water partition coefficient (Wildman–Crippen LogP) is 14.6. The highest BCUT2D eigenvalue weighted by atomic mass is 32.3. The lowest BCUT2D eigenvalue weighted by Crippen LogP contribution is -2.60. The van der Waals surface area contributed by atoms with Crippen LogP contribution in [-0.2, 0) is 38.3 Å². The first kappa shape index (κ1) is 70.3. The van der Waals surface area contributed by atoms with Crippen molar-refractivity contribution in [2.45, 2.75) is 230 Å². The summed E-state index contributed by atoms with van der Waals surface area (Å²) in [6.45, 7) is 3.65. The molecular weight excluding hydrogens is 981 g/mol. The van der Waals surface area contributed by atoms with Crippen LogP contribution in [-0.4, -0.2) is 97.5 Å². The molecule has 1 aliphatic rings. The van der Waals surface area contributed by atoms with Crippen LogP contribution in [0.25, 0.3) is 0 Å². The number of allylic oxidation sites excluding steroid dienone is 22. The van der Waals surface area contributed by atoms with Gasteiger partial charge in [-0.15, -0.1) is 0 Å². The van der Waals surface area contributed by atoms with Crippen LogP contribution in [0.3, 0.4) is 0 Å². The maximum absolute atomic E-state index is 13.0. The molecule has 4 N–H and O–H groups in total. The molecule has 6 unspecified atom stereocenters. The van der Waals surface area contributed by atoms with Crippen molar-refractivity contribution in [1.29, 1.82) is 0 Å². The summed E-state index contributed by atoms with van der Waals surface area (Å²) in [7, 11) is -5.08. The van der Waals surface area contributed by atoms with Crippen LogP contribution in [0.15, 0.2) is 134 Å². The van der Waals surface area contributed by atoms with E-state index in [1.54, 1.807) is 0 Å². The van der Waals surface area contributed by atoms with Gasteiger partial charge >= 0.3 is 16.4 Å². The van der Waals surface area contributed by atoms with E-state index in [1.807, 2.05) is 0 Å². The van der Waals surface area contributed by atoms with Crippen LogP contribution in [0.5, 0.6) is 0 Å². The van der Waals surface area contributed by atoms with E-state index in [0.29, 0.717) is 13.0 Å². The number of unbranched alkanes of at least 4 members (excludes halogenated alkanes) is 14. The quantitative estimate of drug-likeness (QED) is 0.0196. The van der Waals surface area contributed by atoms with E-state index in [0.717, 1.165) is 116 Å². The molecule has 0 bridgehead atoms. The number of rotatable bonds is 49. The zero-order valence-electron chi connectivity index (χ0n) is 46.8. The summed E-state index contributed by atoms with van der Waals surface area (Å²) in [4.78, 5) is 13.0. The number of carbonyl (C=O) groups is 1. The average Bonchev–Trinajstić information content (AvgIpc) is 3.40. The van der Waals surface area contributed by atoms with Crippen molar-refractivity contribution in [1.82, 2.24) is 0 Å². The molecule has 13 heteroatoms. The molecule has 1 saturated heterocycles. The Balaban J connectivity index is 2.35. The molecule has 432 valence electrons. The van der Waals surface area contributed by atoms with E-state index in [2.05, 4.69) is 152 Å². The van der Waals surface area contributed by atoms with Crippen LogP contribution in [0, 0.1) is 0 Å². The Morgan fingerprint density at radius 1 is 0.500 bits per heavy atom. The van der Waals surface area contributed by atoms with E-state index >= 15 is 0 Å². The summed E-state index contributed by atoms with van der Waals surface area (Å²) in [6.07, 6.45) is 67.7. The Bertz CT molecular complexity index is 1820. The van der Waals surface area contributed by atoms with E-state index in [-0.39, 0.29) is 19.6 Å². The van der Waals surface area contributed by atoms with Gasteiger partial charge in [-0.05, 0) is 109 Å².